The number of carbonyl (C=O) groups excluding carboxylic acids is 1. The third-order valence-electron chi connectivity index (χ3n) is 3.40. The van der Waals surface area contributed by atoms with E-state index in [1.807, 2.05) is 32.9 Å². The summed E-state index contributed by atoms with van der Waals surface area (Å²) in [7, 11) is 0. The molecule has 21 heavy (non-hydrogen) atoms. The molecule has 2 atom stereocenters. The number of nitrogens with one attached hydrogen (secondary N) is 2. The highest BCUT2D eigenvalue weighted by Crippen LogP contribution is 2.24. The number of rotatable bonds is 4. The van der Waals surface area contributed by atoms with Crippen LogP contribution in [-0.4, -0.2) is 24.3 Å². The molecule has 1 heterocycles. The Labute approximate surface area is 125 Å². The van der Waals surface area contributed by atoms with E-state index in [4.69, 9.17) is 4.74 Å². The number of hydrogen-bond acceptors (Lipinski definition) is 3. The lowest BCUT2D eigenvalue weighted by Gasteiger charge is -2.36. The second kappa shape index (κ2) is 6.43. The van der Waals surface area contributed by atoms with Gasteiger partial charge < -0.3 is 15.4 Å². The fourth-order valence-corrected chi connectivity index (χ4v) is 2.32. The Morgan fingerprint density at radius 2 is 2.24 bits per heavy atom. The maximum atomic E-state index is 12.8. The minimum atomic E-state index is -0.539. The van der Waals surface area contributed by atoms with E-state index in [1.165, 1.54) is 0 Å². The van der Waals surface area contributed by atoms with Crippen LogP contribution in [0.25, 0.3) is 0 Å². The van der Waals surface area contributed by atoms with Crippen LogP contribution in [0.5, 0.6) is 0 Å². The minimum Gasteiger partial charge on any atom is -0.444 e. The second-order valence-corrected chi connectivity index (χ2v) is 6.35. The zero-order valence-corrected chi connectivity index (χ0v) is 12.8. The summed E-state index contributed by atoms with van der Waals surface area (Å²) in [6.45, 7) is 5.90. The summed E-state index contributed by atoms with van der Waals surface area (Å²) in [6, 6.07) is 7.20. The van der Waals surface area contributed by atoms with E-state index in [0.29, 0.717) is 5.56 Å². The number of halogens is 1. The summed E-state index contributed by atoms with van der Waals surface area (Å²) in [6.07, 6.45) is 0.521. The van der Waals surface area contributed by atoms with Gasteiger partial charge in [0.25, 0.3) is 0 Å². The molecule has 1 amide bonds. The first-order valence-corrected chi connectivity index (χ1v) is 7.27. The van der Waals surface area contributed by atoms with Crippen molar-refractivity contribution >= 4 is 6.09 Å². The van der Waals surface area contributed by atoms with Crippen molar-refractivity contribution < 1.29 is 13.9 Å². The number of ether oxygens (including phenoxy) is 1. The Morgan fingerprint density at radius 3 is 2.76 bits per heavy atom. The first-order chi connectivity index (χ1) is 9.89. The molecule has 5 heteroatoms. The highest BCUT2D eigenvalue weighted by Gasteiger charge is 2.30. The van der Waals surface area contributed by atoms with Crippen molar-refractivity contribution in [3.63, 3.8) is 0 Å². The molecule has 1 aliphatic rings. The van der Waals surface area contributed by atoms with Gasteiger partial charge in [-0.05, 0) is 44.9 Å². The smallest absolute Gasteiger partial charge is 0.408 e. The predicted octanol–water partition coefficient (Wildman–Crippen LogP) is 3.08. The lowest BCUT2D eigenvalue weighted by Crippen LogP contribution is -2.52. The van der Waals surface area contributed by atoms with E-state index in [0.717, 1.165) is 18.5 Å². The molecule has 2 rings (SSSR count). The van der Waals surface area contributed by atoms with Gasteiger partial charge in [-0.2, -0.15) is 0 Å². The SMILES string of the molecule is CC(C)(C)OC(=O)N[C@@H](c1cccc(CF)c1)[C@@H]1CCN1. The van der Waals surface area contributed by atoms with Crippen molar-refractivity contribution in [2.24, 2.45) is 0 Å². The molecule has 0 unspecified atom stereocenters. The van der Waals surface area contributed by atoms with Gasteiger partial charge in [0.05, 0.1) is 6.04 Å². The van der Waals surface area contributed by atoms with Crippen LogP contribution in [0.2, 0.25) is 0 Å². The Hall–Kier alpha value is -1.62. The van der Waals surface area contributed by atoms with E-state index in [-0.39, 0.29) is 12.1 Å². The van der Waals surface area contributed by atoms with Gasteiger partial charge in [-0.3, -0.25) is 0 Å². The van der Waals surface area contributed by atoms with Crippen LogP contribution in [0.1, 0.15) is 44.4 Å². The summed E-state index contributed by atoms with van der Waals surface area (Å²) < 4.78 is 18.1. The largest absolute Gasteiger partial charge is 0.444 e. The molecule has 1 fully saturated rings. The molecule has 0 aromatic heterocycles. The summed E-state index contributed by atoms with van der Waals surface area (Å²) in [4.78, 5) is 12.0. The quantitative estimate of drug-likeness (QED) is 0.897. The van der Waals surface area contributed by atoms with Gasteiger partial charge in [-0.15, -0.1) is 0 Å². The van der Waals surface area contributed by atoms with Crippen molar-refractivity contribution in [2.45, 2.75) is 51.6 Å². The molecule has 2 N–H and O–H groups in total. The van der Waals surface area contributed by atoms with Crippen LogP contribution in [0.3, 0.4) is 0 Å². The maximum Gasteiger partial charge on any atom is 0.408 e. The Balaban J connectivity index is 2.12. The molecule has 116 valence electrons. The minimum absolute atomic E-state index is 0.160. The standard InChI is InChI=1S/C16H23FN2O2/c1-16(2,3)21-15(20)19-14(13-7-8-18-13)12-6-4-5-11(9-12)10-17/h4-6,9,13-14,18H,7-8,10H2,1-3H3,(H,19,20)/t13-,14-/m0/s1. The second-order valence-electron chi connectivity index (χ2n) is 6.35. The van der Waals surface area contributed by atoms with Gasteiger partial charge in [0.15, 0.2) is 0 Å². The average molecular weight is 294 g/mol. The topological polar surface area (TPSA) is 50.4 Å². The van der Waals surface area contributed by atoms with Gasteiger partial charge in [-0.1, -0.05) is 24.3 Å². The molecule has 1 aliphatic heterocycles. The fourth-order valence-electron chi connectivity index (χ4n) is 2.32. The highest BCUT2D eigenvalue weighted by atomic mass is 19.1. The van der Waals surface area contributed by atoms with E-state index in [2.05, 4.69) is 10.6 Å². The third-order valence-corrected chi connectivity index (χ3v) is 3.40. The Kier molecular flexibility index (Phi) is 4.83. The van der Waals surface area contributed by atoms with Gasteiger partial charge >= 0.3 is 6.09 Å². The molecule has 0 radical (unpaired) electrons. The van der Waals surface area contributed by atoms with Crippen LogP contribution < -0.4 is 10.6 Å². The summed E-state index contributed by atoms with van der Waals surface area (Å²) in [5, 5.41) is 6.18. The van der Waals surface area contributed by atoms with E-state index in [9.17, 15) is 9.18 Å². The first kappa shape index (κ1) is 15.8. The van der Waals surface area contributed by atoms with Crippen LogP contribution in [0.15, 0.2) is 24.3 Å². The van der Waals surface area contributed by atoms with E-state index >= 15 is 0 Å². The van der Waals surface area contributed by atoms with Gasteiger partial charge in [0, 0.05) is 6.04 Å². The number of hydrogen-bond donors (Lipinski definition) is 2. The number of benzene rings is 1. The molecule has 1 saturated heterocycles. The van der Waals surface area contributed by atoms with Crippen LogP contribution in [0, 0.1) is 0 Å². The molecule has 0 saturated carbocycles. The van der Waals surface area contributed by atoms with Gasteiger partial charge in [-0.25, -0.2) is 9.18 Å². The number of carbonyl (C=O) groups is 1. The molecule has 0 bridgehead atoms. The molecule has 0 spiro atoms. The molecule has 1 aromatic carbocycles. The van der Waals surface area contributed by atoms with Gasteiger partial charge in [0.2, 0.25) is 0 Å². The van der Waals surface area contributed by atoms with Crippen molar-refractivity contribution in [3.8, 4) is 0 Å². The van der Waals surface area contributed by atoms with Gasteiger partial charge in [0.1, 0.15) is 12.3 Å². The maximum absolute atomic E-state index is 12.8. The molecular formula is C16H23FN2O2. The molecule has 4 nitrogen and oxygen atoms in total. The van der Waals surface area contributed by atoms with Crippen molar-refractivity contribution in [1.82, 2.24) is 10.6 Å². The summed E-state index contributed by atoms with van der Waals surface area (Å²) in [5.74, 6) is 0. The monoisotopic (exact) mass is 294 g/mol. The van der Waals surface area contributed by atoms with Crippen molar-refractivity contribution in [2.75, 3.05) is 6.54 Å². The predicted molar refractivity (Wildman–Crippen MR) is 79.8 cm³/mol. The number of amides is 1. The summed E-state index contributed by atoms with van der Waals surface area (Å²) >= 11 is 0. The highest BCUT2D eigenvalue weighted by molar-refractivity contribution is 5.68. The third kappa shape index (κ3) is 4.43. The molecular weight excluding hydrogens is 271 g/mol. The molecule has 0 aliphatic carbocycles. The number of alkyl halides is 1. The number of alkyl carbamates (subject to hydrolysis) is 1. The Bertz CT molecular complexity index is 495. The van der Waals surface area contributed by atoms with E-state index in [1.54, 1.807) is 12.1 Å². The first-order valence-electron chi connectivity index (χ1n) is 7.27. The zero-order chi connectivity index (χ0) is 15.5. The van der Waals surface area contributed by atoms with Crippen molar-refractivity contribution in [1.29, 1.82) is 0 Å². The van der Waals surface area contributed by atoms with Crippen LogP contribution >= 0.6 is 0 Å². The van der Waals surface area contributed by atoms with Crippen LogP contribution in [-0.2, 0) is 11.4 Å². The zero-order valence-electron chi connectivity index (χ0n) is 12.8. The fraction of sp³-hybridized carbons (Fsp3) is 0.562. The lowest BCUT2D eigenvalue weighted by molar-refractivity contribution is 0.0481. The van der Waals surface area contributed by atoms with E-state index < -0.39 is 18.4 Å². The van der Waals surface area contributed by atoms with Crippen molar-refractivity contribution in [3.05, 3.63) is 35.4 Å². The normalized spacial score (nSPS) is 19.5. The summed E-state index contributed by atoms with van der Waals surface area (Å²) in [5.41, 5.74) is 0.971. The van der Waals surface area contributed by atoms with Crippen LogP contribution in [0.4, 0.5) is 9.18 Å². The lowest BCUT2D eigenvalue weighted by atomic mass is 9.91. The Morgan fingerprint density at radius 1 is 1.52 bits per heavy atom. The molecule has 1 aromatic rings. The average Bonchev–Trinajstić information content (AvgIpc) is 2.33.